The molecule has 1 fully saturated rings. The molecule has 1 aliphatic rings. The Balaban J connectivity index is 1.17. The van der Waals surface area contributed by atoms with Gasteiger partial charge in [-0.2, -0.15) is 0 Å². The average molecular weight is 494 g/mol. The smallest absolute Gasteiger partial charge is 0.262 e. The number of para-hydroxylation sites is 1. The Hall–Kier alpha value is -2.81. The third-order valence-corrected chi connectivity index (χ3v) is 6.98. The first-order valence-corrected chi connectivity index (χ1v) is 12.9. The number of unbranched alkanes of at least 4 members (excludes halogenated alkanes) is 2. The van der Waals surface area contributed by atoms with Crippen LogP contribution in [0.2, 0.25) is 0 Å². The number of likely N-dealkylation sites (N-methyl/N-ethyl adjacent to an activating group) is 1. The minimum Gasteiger partial charge on any atom is -0.352 e. The summed E-state index contributed by atoms with van der Waals surface area (Å²) in [7, 11) is 2.17. The molecule has 0 radical (unpaired) electrons. The highest BCUT2D eigenvalue weighted by Crippen LogP contribution is 2.11. The van der Waals surface area contributed by atoms with Crippen molar-refractivity contribution in [2.24, 2.45) is 0 Å². The quantitative estimate of drug-likeness (QED) is 0.333. The summed E-state index contributed by atoms with van der Waals surface area (Å²) in [5.41, 5.74) is 3.13. The molecule has 2 N–H and O–H groups in total. The van der Waals surface area contributed by atoms with Crippen molar-refractivity contribution in [2.45, 2.75) is 45.3 Å². The highest BCUT2D eigenvalue weighted by Gasteiger charge is 2.14. The topological polar surface area (TPSA) is 73.4 Å². The lowest BCUT2D eigenvalue weighted by atomic mass is 10.1. The highest BCUT2D eigenvalue weighted by atomic mass is 32.1. The molecule has 8 heteroatoms. The Bertz CT molecular complexity index is 1260. The van der Waals surface area contributed by atoms with Gasteiger partial charge in [0, 0.05) is 52.2 Å². The molecule has 0 atom stereocenters. The molecule has 7 nitrogen and oxygen atoms in total. The zero-order chi connectivity index (χ0) is 24.6. The highest BCUT2D eigenvalue weighted by molar-refractivity contribution is 7.71. The van der Waals surface area contributed by atoms with E-state index in [1.807, 2.05) is 24.3 Å². The Labute approximate surface area is 211 Å². The molecule has 0 bridgehead atoms. The van der Waals surface area contributed by atoms with Crippen LogP contribution in [-0.2, 0) is 24.4 Å². The van der Waals surface area contributed by atoms with E-state index in [-0.39, 0.29) is 11.5 Å². The van der Waals surface area contributed by atoms with Crippen molar-refractivity contribution in [3.05, 3.63) is 74.8 Å². The van der Waals surface area contributed by atoms with Gasteiger partial charge < -0.3 is 15.2 Å². The molecule has 0 aliphatic carbocycles. The number of fused-ring (bicyclic) bond motifs is 1. The van der Waals surface area contributed by atoms with Gasteiger partial charge in [-0.25, -0.2) is 0 Å². The van der Waals surface area contributed by atoms with Crippen LogP contribution >= 0.6 is 12.2 Å². The Morgan fingerprint density at radius 2 is 1.77 bits per heavy atom. The van der Waals surface area contributed by atoms with Gasteiger partial charge in [-0.05, 0) is 55.4 Å². The van der Waals surface area contributed by atoms with E-state index in [4.69, 9.17) is 12.2 Å². The number of nitrogens with one attached hydrogen (secondary N) is 2. The normalized spacial score (nSPS) is 14.9. The molecule has 2 aromatic carbocycles. The molecule has 1 amide bonds. The standard InChI is InChI=1S/C27H35N5O2S/c1-30-14-16-31(17-15-30)20-22-9-7-8-21(18-22)19-28-25(33)12-3-2-6-13-32-26(34)23-10-4-5-11-24(23)29-27(32)35/h4-5,7-11,18H,2-3,6,12-17,19-20H2,1H3,(H,28,33)(H,29,35). The number of rotatable bonds is 10. The number of hydrogen-bond donors (Lipinski definition) is 2. The molecular weight excluding hydrogens is 458 g/mol. The number of carbonyl (C=O) groups excluding carboxylic acids is 1. The van der Waals surface area contributed by atoms with E-state index in [9.17, 15) is 9.59 Å². The lowest BCUT2D eigenvalue weighted by Crippen LogP contribution is -2.43. The molecule has 4 rings (SSSR count). The fourth-order valence-corrected chi connectivity index (χ4v) is 4.81. The van der Waals surface area contributed by atoms with E-state index >= 15 is 0 Å². The molecule has 186 valence electrons. The van der Waals surface area contributed by atoms with Crippen LogP contribution in [0.4, 0.5) is 0 Å². The van der Waals surface area contributed by atoms with Crippen LogP contribution in [0, 0.1) is 4.77 Å². The average Bonchev–Trinajstić information content (AvgIpc) is 2.86. The van der Waals surface area contributed by atoms with Gasteiger partial charge in [-0.1, -0.05) is 42.8 Å². The molecule has 1 aromatic heterocycles. The summed E-state index contributed by atoms with van der Waals surface area (Å²) in [6.07, 6.45) is 2.94. The number of aromatic nitrogens is 2. The summed E-state index contributed by atoms with van der Waals surface area (Å²) < 4.78 is 2.06. The van der Waals surface area contributed by atoms with Crippen LogP contribution in [-0.4, -0.2) is 58.5 Å². The second-order valence-corrected chi connectivity index (χ2v) is 9.81. The van der Waals surface area contributed by atoms with Gasteiger partial charge in [0.25, 0.3) is 5.56 Å². The zero-order valence-corrected chi connectivity index (χ0v) is 21.3. The van der Waals surface area contributed by atoms with Gasteiger partial charge in [-0.3, -0.25) is 19.1 Å². The third-order valence-electron chi connectivity index (χ3n) is 6.66. The van der Waals surface area contributed by atoms with E-state index in [1.165, 1.54) is 5.56 Å². The minimum atomic E-state index is -0.0584. The van der Waals surface area contributed by atoms with E-state index < -0.39 is 0 Å². The number of hydrogen-bond acceptors (Lipinski definition) is 5. The molecule has 1 aliphatic heterocycles. The second-order valence-electron chi connectivity index (χ2n) is 9.42. The van der Waals surface area contributed by atoms with Crippen molar-refractivity contribution in [1.29, 1.82) is 0 Å². The predicted molar refractivity (Wildman–Crippen MR) is 143 cm³/mol. The van der Waals surface area contributed by atoms with Crippen molar-refractivity contribution in [3.63, 3.8) is 0 Å². The van der Waals surface area contributed by atoms with Crippen molar-refractivity contribution in [1.82, 2.24) is 24.7 Å². The first kappa shape index (κ1) is 25.3. The Kier molecular flexibility index (Phi) is 8.84. The monoisotopic (exact) mass is 493 g/mol. The van der Waals surface area contributed by atoms with Crippen LogP contribution in [0.1, 0.15) is 36.8 Å². The maximum Gasteiger partial charge on any atom is 0.262 e. The van der Waals surface area contributed by atoms with Crippen molar-refractivity contribution >= 4 is 29.0 Å². The van der Waals surface area contributed by atoms with Crippen molar-refractivity contribution < 1.29 is 4.79 Å². The molecule has 1 saturated heterocycles. The van der Waals surface area contributed by atoms with Gasteiger partial charge in [0.05, 0.1) is 10.9 Å². The van der Waals surface area contributed by atoms with Crippen LogP contribution in [0.25, 0.3) is 10.9 Å². The molecule has 3 aromatic rings. The fraction of sp³-hybridized carbons (Fsp3) is 0.444. The maximum atomic E-state index is 12.7. The number of carbonyl (C=O) groups is 1. The van der Waals surface area contributed by atoms with E-state index in [1.54, 1.807) is 4.57 Å². The number of piperazine rings is 1. The van der Waals surface area contributed by atoms with E-state index in [2.05, 4.69) is 51.4 Å². The number of H-pyrrole nitrogens is 1. The second kappa shape index (κ2) is 12.2. The Morgan fingerprint density at radius 1 is 1.00 bits per heavy atom. The summed E-state index contributed by atoms with van der Waals surface area (Å²) in [5.74, 6) is 0.0645. The molecule has 0 unspecified atom stereocenters. The number of aromatic amines is 1. The summed E-state index contributed by atoms with van der Waals surface area (Å²) in [6, 6.07) is 15.9. The van der Waals surface area contributed by atoms with Gasteiger partial charge in [0.15, 0.2) is 4.77 Å². The van der Waals surface area contributed by atoms with Crippen LogP contribution < -0.4 is 10.9 Å². The third kappa shape index (κ3) is 7.10. The number of amides is 1. The molecule has 2 heterocycles. The maximum absolute atomic E-state index is 12.7. The largest absolute Gasteiger partial charge is 0.352 e. The summed E-state index contributed by atoms with van der Waals surface area (Å²) in [5, 5.41) is 3.69. The SMILES string of the molecule is CN1CCN(Cc2cccc(CNC(=O)CCCCCn3c(=S)[nH]c4ccccc4c3=O)c2)CC1. The zero-order valence-electron chi connectivity index (χ0n) is 20.5. The predicted octanol–water partition coefficient (Wildman–Crippen LogP) is 3.68. The Morgan fingerprint density at radius 3 is 2.60 bits per heavy atom. The minimum absolute atomic E-state index is 0.0584. The lowest BCUT2D eigenvalue weighted by molar-refractivity contribution is -0.121. The van der Waals surface area contributed by atoms with Gasteiger partial charge in [0.1, 0.15) is 0 Å². The lowest BCUT2D eigenvalue weighted by Gasteiger charge is -2.32. The van der Waals surface area contributed by atoms with Crippen LogP contribution in [0.15, 0.2) is 53.3 Å². The molecule has 0 saturated carbocycles. The van der Waals surface area contributed by atoms with Crippen LogP contribution in [0.3, 0.4) is 0 Å². The van der Waals surface area contributed by atoms with Crippen molar-refractivity contribution in [2.75, 3.05) is 33.2 Å². The fourth-order valence-electron chi connectivity index (χ4n) is 4.53. The van der Waals surface area contributed by atoms with Crippen molar-refractivity contribution in [3.8, 4) is 0 Å². The number of nitrogens with zero attached hydrogens (tertiary/aromatic N) is 3. The van der Waals surface area contributed by atoms with E-state index in [0.717, 1.165) is 63.1 Å². The first-order valence-electron chi connectivity index (χ1n) is 12.5. The van der Waals surface area contributed by atoms with Gasteiger partial charge >= 0.3 is 0 Å². The number of benzene rings is 2. The summed E-state index contributed by atoms with van der Waals surface area (Å²) >= 11 is 5.37. The molecular formula is C27H35N5O2S. The van der Waals surface area contributed by atoms with Crippen LogP contribution in [0.5, 0.6) is 0 Å². The van der Waals surface area contributed by atoms with E-state index in [0.29, 0.717) is 29.7 Å². The summed E-state index contributed by atoms with van der Waals surface area (Å²) in [6.45, 7) is 6.48. The first-order chi connectivity index (χ1) is 17.0. The summed E-state index contributed by atoms with van der Waals surface area (Å²) in [4.78, 5) is 33.0. The molecule has 0 spiro atoms. The van der Waals surface area contributed by atoms with Gasteiger partial charge in [0.2, 0.25) is 5.91 Å². The van der Waals surface area contributed by atoms with Gasteiger partial charge in [-0.15, -0.1) is 0 Å². The molecule has 35 heavy (non-hydrogen) atoms.